The molecule has 3 rings (SSSR count). The second-order valence-electron chi connectivity index (χ2n) is 4.98. The minimum absolute atomic E-state index is 0.285. The fourth-order valence-electron chi connectivity index (χ4n) is 2.15. The smallest absolute Gasteiger partial charge is 0.480 e. The van der Waals surface area contributed by atoms with Gasteiger partial charge in [-0.1, -0.05) is 18.2 Å². The molecule has 0 saturated carbocycles. The van der Waals surface area contributed by atoms with Crippen LogP contribution in [-0.2, 0) is 4.79 Å². The number of halogens is 3. The van der Waals surface area contributed by atoms with Crippen molar-refractivity contribution in [3.63, 3.8) is 0 Å². The molecule has 0 spiro atoms. The number of rotatable bonds is 3. The van der Waals surface area contributed by atoms with Crippen molar-refractivity contribution in [2.45, 2.75) is 6.18 Å². The molecule has 0 radical (unpaired) electrons. The topological polar surface area (TPSA) is 94.4 Å². The summed E-state index contributed by atoms with van der Waals surface area (Å²) in [4.78, 5) is 21.4. The van der Waals surface area contributed by atoms with Crippen LogP contribution < -0.4 is 9.47 Å². The Bertz CT molecular complexity index is 943. The average Bonchev–Trinajstić information content (AvgIpc) is 2.66. The van der Waals surface area contributed by atoms with E-state index in [1.165, 1.54) is 7.11 Å². The summed E-state index contributed by atoms with van der Waals surface area (Å²) in [7, 11) is 3.11. The number of alkyl halides is 3. The van der Waals surface area contributed by atoms with E-state index in [1.54, 1.807) is 19.5 Å². The van der Waals surface area contributed by atoms with Gasteiger partial charge in [0.25, 0.3) is 0 Å². The number of hydrogen-bond acceptors (Lipinski definition) is 6. The van der Waals surface area contributed by atoms with E-state index in [9.17, 15) is 13.2 Å². The van der Waals surface area contributed by atoms with Gasteiger partial charge in [0.2, 0.25) is 5.88 Å². The molecular weight excluding hydrogens is 367 g/mol. The first-order chi connectivity index (χ1) is 12.8. The molecule has 2 aromatic heterocycles. The third-order valence-electron chi connectivity index (χ3n) is 3.32. The molecule has 0 bridgehead atoms. The van der Waals surface area contributed by atoms with Crippen molar-refractivity contribution in [3.8, 4) is 23.0 Å². The lowest BCUT2D eigenvalue weighted by atomic mass is 10.0. The number of carbonyl (C=O) groups is 1. The number of carboxylic acids is 1. The number of carboxylic acid groups (broad SMARTS) is 1. The first-order valence-electron chi connectivity index (χ1n) is 7.36. The van der Waals surface area contributed by atoms with Crippen molar-refractivity contribution in [2.75, 3.05) is 14.2 Å². The van der Waals surface area contributed by atoms with Gasteiger partial charge in [-0.05, 0) is 17.0 Å². The summed E-state index contributed by atoms with van der Waals surface area (Å²) in [5.41, 5.74) is 1.83. The molecule has 0 saturated heterocycles. The lowest BCUT2D eigenvalue weighted by Crippen LogP contribution is -2.21. The fourth-order valence-corrected chi connectivity index (χ4v) is 2.15. The van der Waals surface area contributed by atoms with Crippen LogP contribution in [0.4, 0.5) is 13.2 Å². The van der Waals surface area contributed by atoms with Gasteiger partial charge in [-0.15, -0.1) is 0 Å². The molecule has 1 aromatic carbocycles. The summed E-state index contributed by atoms with van der Waals surface area (Å²) < 4.78 is 42.1. The number of pyridine rings is 1. The van der Waals surface area contributed by atoms with Crippen LogP contribution in [0.3, 0.4) is 0 Å². The van der Waals surface area contributed by atoms with Crippen LogP contribution in [0.25, 0.3) is 21.9 Å². The van der Waals surface area contributed by atoms with Gasteiger partial charge in [0.05, 0.1) is 19.8 Å². The van der Waals surface area contributed by atoms with Crippen LogP contribution in [0, 0.1) is 0 Å². The molecule has 142 valence electrons. The van der Waals surface area contributed by atoms with Crippen molar-refractivity contribution in [1.29, 1.82) is 0 Å². The molecule has 0 fully saturated rings. The Kier molecular flexibility index (Phi) is 6.11. The zero-order valence-electron chi connectivity index (χ0n) is 14.2. The number of hydrogen-bond donors (Lipinski definition) is 1. The van der Waals surface area contributed by atoms with Crippen LogP contribution in [-0.4, -0.2) is 46.4 Å². The van der Waals surface area contributed by atoms with Gasteiger partial charge in [0.15, 0.2) is 0 Å². The average molecular weight is 381 g/mol. The van der Waals surface area contributed by atoms with E-state index in [4.69, 9.17) is 19.4 Å². The zero-order valence-corrected chi connectivity index (χ0v) is 14.2. The van der Waals surface area contributed by atoms with E-state index in [0.29, 0.717) is 5.88 Å². The highest BCUT2D eigenvalue weighted by Crippen LogP contribution is 2.33. The van der Waals surface area contributed by atoms with E-state index in [0.717, 1.165) is 21.9 Å². The molecule has 3 aromatic rings. The molecule has 0 amide bonds. The van der Waals surface area contributed by atoms with Gasteiger partial charge in [-0.3, -0.25) is 4.98 Å². The summed E-state index contributed by atoms with van der Waals surface area (Å²) in [5.74, 6) is -2.27. The van der Waals surface area contributed by atoms with E-state index in [2.05, 4.69) is 15.0 Å². The van der Waals surface area contributed by atoms with E-state index in [-0.39, 0.29) is 6.01 Å². The van der Waals surface area contributed by atoms with Crippen molar-refractivity contribution < 1.29 is 32.5 Å². The van der Waals surface area contributed by atoms with Gasteiger partial charge in [0.1, 0.15) is 0 Å². The highest BCUT2D eigenvalue weighted by molar-refractivity contribution is 5.97. The first-order valence-corrected chi connectivity index (χ1v) is 7.36. The van der Waals surface area contributed by atoms with Crippen LogP contribution in [0.15, 0.2) is 42.9 Å². The number of aliphatic carboxylic acids is 1. The van der Waals surface area contributed by atoms with Crippen LogP contribution in [0.2, 0.25) is 0 Å². The Balaban J connectivity index is 0.000000321. The third kappa shape index (κ3) is 4.81. The maximum atomic E-state index is 10.6. The Hall–Kier alpha value is -3.43. The minimum atomic E-state index is -5.08. The van der Waals surface area contributed by atoms with Gasteiger partial charge < -0.3 is 14.6 Å². The van der Waals surface area contributed by atoms with Crippen LogP contribution >= 0.6 is 0 Å². The molecule has 7 nitrogen and oxygen atoms in total. The predicted molar refractivity (Wildman–Crippen MR) is 89.6 cm³/mol. The molecule has 0 atom stereocenters. The molecule has 10 heteroatoms. The number of fused-ring (bicyclic) bond motifs is 1. The molecule has 27 heavy (non-hydrogen) atoms. The lowest BCUT2D eigenvalue weighted by molar-refractivity contribution is -0.192. The quantitative estimate of drug-likeness (QED) is 0.743. The van der Waals surface area contributed by atoms with E-state index in [1.807, 2.05) is 30.5 Å². The first kappa shape index (κ1) is 19.9. The summed E-state index contributed by atoms with van der Waals surface area (Å²) in [6.45, 7) is 0. The molecule has 0 aliphatic heterocycles. The minimum Gasteiger partial charge on any atom is -0.480 e. The largest absolute Gasteiger partial charge is 0.490 e. The van der Waals surface area contributed by atoms with Crippen molar-refractivity contribution in [3.05, 3.63) is 42.9 Å². The fraction of sp³-hybridized carbons (Fsp3) is 0.176. The summed E-state index contributed by atoms with van der Waals surface area (Å²) >= 11 is 0. The van der Waals surface area contributed by atoms with Crippen molar-refractivity contribution in [1.82, 2.24) is 15.0 Å². The summed E-state index contributed by atoms with van der Waals surface area (Å²) in [6, 6.07) is 8.25. The molecule has 0 aliphatic rings. The molecule has 0 unspecified atom stereocenters. The van der Waals surface area contributed by atoms with E-state index >= 15 is 0 Å². The van der Waals surface area contributed by atoms with Crippen LogP contribution in [0.5, 0.6) is 11.9 Å². The summed E-state index contributed by atoms with van der Waals surface area (Å²) in [6.07, 6.45) is 0.220. The normalized spacial score (nSPS) is 10.7. The van der Waals surface area contributed by atoms with Crippen molar-refractivity contribution >= 4 is 16.7 Å². The Morgan fingerprint density at radius 1 is 1.07 bits per heavy atom. The SMILES string of the molecule is COc1ncc(-c2cccc3cnccc23)c(OC)n1.O=C(O)C(F)(F)F. The molecule has 0 aliphatic carbocycles. The maximum absolute atomic E-state index is 10.6. The van der Waals surface area contributed by atoms with Crippen molar-refractivity contribution in [2.24, 2.45) is 0 Å². The highest BCUT2D eigenvalue weighted by Gasteiger charge is 2.38. The van der Waals surface area contributed by atoms with Crippen LogP contribution in [0.1, 0.15) is 0 Å². The molecular formula is C17H14F3N3O4. The van der Waals surface area contributed by atoms with E-state index < -0.39 is 12.1 Å². The summed E-state index contributed by atoms with van der Waals surface area (Å²) in [5, 5.41) is 9.26. The lowest BCUT2D eigenvalue weighted by Gasteiger charge is -2.10. The standard InChI is InChI=1S/C15H13N3O2.C2HF3O2/c1-19-14-13(9-17-15(18-14)20-2)12-5-3-4-10-8-16-7-6-11(10)12;3-2(4,5)1(6)7/h3-9H,1-2H3;(H,6,7). The Labute approximate surface area is 151 Å². The van der Waals surface area contributed by atoms with Gasteiger partial charge in [-0.2, -0.15) is 18.2 Å². The monoisotopic (exact) mass is 381 g/mol. The zero-order chi connectivity index (χ0) is 20.0. The second kappa shape index (κ2) is 8.30. The molecule has 1 N–H and O–H groups in total. The number of methoxy groups -OCH3 is 2. The highest BCUT2D eigenvalue weighted by atomic mass is 19.4. The number of aromatic nitrogens is 3. The number of benzene rings is 1. The van der Waals surface area contributed by atoms with Gasteiger partial charge in [0, 0.05) is 24.0 Å². The Morgan fingerprint density at radius 2 is 1.78 bits per heavy atom. The molecule has 2 heterocycles. The predicted octanol–water partition coefficient (Wildman–Crippen LogP) is 3.34. The van der Waals surface area contributed by atoms with Gasteiger partial charge in [-0.25, -0.2) is 9.78 Å². The number of ether oxygens (including phenoxy) is 2. The van der Waals surface area contributed by atoms with Gasteiger partial charge >= 0.3 is 18.2 Å². The maximum Gasteiger partial charge on any atom is 0.490 e. The Morgan fingerprint density at radius 3 is 2.37 bits per heavy atom. The number of nitrogens with zero attached hydrogens (tertiary/aromatic N) is 3. The second-order valence-corrected chi connectivity index (χ2v) is 4.98. The third-order valence-corrected chi connectivity index (χ3v) is 3.32.